The molecule has 1 N–H and O–H groups in total. The minimum atomic E-state index is -0.847. The Kier molecular flexibility index (Phi) is 3.91. The van der Waals surface area contributed by atoms with E-state index in [0.717, 1.165) is 29.4 Å². The monoisotopic (exact) mass is 299 g/mol. The van der Waals surface area contributed by atoms with Crippen LogP contribution in [-0.2, 0) is 0 Å². The number of aromatic nitrogens is 2. The van der Waals surface area contributed by atoms with Gasteiger partial charge in [-0.25, -0.2) is 14.8 Å². The maximum absolute atomic E-state index is 10.9. The molecule has 0 unspecified atom stereocenters. The number of methoxy groups -OCH3 is 1. The number of likely N-dealkylation sites (tertiary alicyclic amines) is 1. The Morgan fingerprint density at radius 1 is 1.36 bits per heavy atom. The molecule has 1 fully saturated rings. The molecule has 114 valence electrons. The van der Waals surface area contributed by atoms with Gasteiger partial charge in [-0.2, -0.15) is 0 Å². The second kappa shape index (κ2) is 6.01. The molecule has 0 saturated carbocycles. The second-order valence-electron chi connectivity index (χ2n) is 5.20. The Labute approximate surface area is 128 Å². The summed E-state index contributed by atoms with van der Waals surface area (Å²) in [5, 5.41) is 8.99. The molecule has 1 aliphatic heterocycles. The molecule has 0 spiro atoms. The molecule has 2 heterocycles. The molecule has 1 aliphatic rings. The van der Waals surface area contributed by atoms with E-state index in [-0.39, 0.29) is 0 Å². The largest absolute Gasteiger partial charge is 0.480 e. The van der Waals surface area contributed by atoms with Gasteiger partial charge >= 0.3 is 6.09 Å². The van der Waals surface area contributed by atoms with Gasteiger partial charge in [-0.15, -0.1) is 0 Å². The van der Waals surface area contributed by atoms with E-state index >= 15 is 0 Å². The first kappa shape index (κ1) is 14.3. The number of rotatable bonds is 2. The molecule has 2 aromatic rings. The average molecular weight is 299 g/mol. The SMILES string of the molecule is COc1cnc2cccc(C=C3CCN(C(=O)O)CC3)c2n1. The highest BCUT2D eigenvalue weighted by Crippen LogP contribution is 2.24. The highest BCUT2D eigenvalue weighted by Gasteiger charge is 2.18. The summed E-state index contributed by atoms with van der Waals surface area (Å²) >= 11 is 0. The van der Waals surface area contributed by atoms with E-state index in [2.05, 4.69) is 16.0 Å². The van der Waals surface area contributed by atoms with E-state index in [0.29, 0.717) is 19.0 Å². The van der Waals surface area contributed by atoms with Crippen molar-refractivity contribution in [3.8, 4) is 5.88 Å². The lowest BCUT2D eigenvalue weighted by atomic mass is 10.0. The van der Waals surface area contributed by atoms with Crippen molar-refractivity contribution in [2.24, 2.45) is 0 Å². The standard InChI is InChI=1S/C16H17N3O3/c1-22-14-10-17-13-4-2-3-12(15(13)18-14)9-11-5-7-19(8-6-11)16(20)21/h2-4,9-10H,5-8H2,1H3,(H,20,21). The molecule has 6 heteroatoms. The number of fused-ring (bicyclic) bond motifs is 1. The molecule has 0 bridgehead atoms. The topological polar surface area (TPSA) is 75.5 Å². The number of carbonyl (C=O) groups is 1. The third kappa shape index (κ3) is 2.86. The number of nitrogens with zero attached hydrogens (tertiary/aromatic N) is 3. The Balaban J connectivity index is 1.90. The van der Waals surface area contributed by atoms with E-state index in [1.807, 2.05) is 18.2 Å². The van der Waals surface area contributed by atoms with E-state index in [4.69, 9.17) is 9.84 Å². The van der Waals surface area contributed by atoms with Gasteiger partial charge in [0, 0.05) is 18.7 Å². The van der Waals surface area contributed by atoms with Crippen LogP contribution >= 0.6 is 0 Å². The van der Waals surface area contributed by atoms with Crippen LogP contribution in [0.5, 0.6) is 5.88 Å². The smallest absolute Gasteiger partial charge is 0.407 e. The van der Waals surface area contributed by atoms with Gasteiger partial charge in [0.05, 0.1) is 24.3 Å². The first-order valence-electron chi connectivity index (χ1n) is 7.14. The van der Waals surface area contributed by atoms with E-state index in [9.17, 15) is 4.79 Å². The van der Waals surface area contributed by atoms with Gasteiger partial charge in [0.25, 0.3) is 0 Å². The molecule has 1 saturated heterocycles. The summed E-state index contributed by atoms with van der Waals surface area (Å²) in [6, 6.07) is 5.85. The number of ether oxygens (including phenoxy) is 1. The lowest BCUT2D eigenvalue weighted by Crippen LogP contribution is -2.35. The predicted molar refractivity (Wildman–Crippen MR) is 82.9 cm³/mol. The first-order chi connectivity index (χ1) is 10.7. The summed E-state index contributed by atoms with van der Waals surface area (Å²) in [6.07, 6.45) is 4.35. The third-order valence-corrected chi connectivity index (χ3v) is 3.83. The van der Waals surface area contributed by atoms with E-state index in [1.54, 1.807) is 13.3 Å². The van der Waals surface area contributed by atoms with Gasteiger partial charge in [-0.05, 0) is 18.9 Å². The first-order valence-corrected chi connectivity index (χ1v) is 7.14. The molecule has 1 amide bonds. The van der Waals surface area contributed by atoms with Gasteiger partial charge in [0.1, 0.15) is 0 Å². The average Bonchev–Trinajstić information content (AvgIpc) is 2.55. The van der Waals surface area contributed by atoms with Gasteiger partial charge in [0.15, 0.2) is 0 Å². The number of amides is 1. The maximum atomic E-state index is 10.9. The maximum Gasteiger partial charge on any atom is 0.407 e. The molecular weight excluding hydrogens is 282 g/mol. The normalized spacial score (nSPS) is 15.0. The summed E-state index contributed by atoms with van der Waals surface area (Å²) < 4.78 is 5.14. The van der Waals surface area contributed by atoms with Crippen molar-refractivity contribution in [3.63, 3.8) is 0 Å². The van der Waals surface area contributed by atoms with Crippen LogP contribution in [0.25, 0.3) is 17.1 Å². The van der Waals surface area contributed by atoms with Gasteiger partial charge in [-0.3, -0.25) is 0 Å². The summed E-state index contributed by atoms with van der Waals surface area (Å²) in [6.45, 7) is 1.09. The lowest BCUT2D eigenvalue weighted by Gasteiger charge is -2.25. The van der Waals surface area contributed by atoms with Gasteiger partial charge < -0.3 is 14.7 Å². The van der Waals surface area contributed by atoms with Crippen molar-refractivity contribution in [2.75, 3.05) is 20.2 Å². The summed E-state index contributed by atoms with van der Waals surface area (Å²) in [5.41, 5.74) is 3.84. The van der Waals surface area contributed by atoms with Crippen molar-refractivity contribution in [1.29, 1.82) is 0 Å². The zero-order valence-corrected chi connectivity index (χ0v) is 12.3. The molecular formula is C16H17N3O3. The summed E-state index contributed by atoms with van der Waals surface area (Å²) in [7, 11) is 1.57. The highest BCUT2D eigenvalue weighted by atomic mass is 16.5. The Bertz CT molecular complexity index is 732. The number of hydrogen-bond donors (Lipinski definition) is 1. The fraction of sp³-hybridized carbons (Fsp3) is 0.312. The van der Waals surface area contributed by atoms with Crippen molar-refractivity contribution < 1.29 is 14.6 Å². The number of piperidine rings is 1. The fourth-order valence-corrected chi connectivity index (χ4v) is 2.60. The molecule has 1 aromatic heterocycles. The van der Waals surface area contributed by atoms with Crippen LogP contribution in [0, 0.1) is 0 Å². The fourth-order valence-electron chi connectivity index (χ4n) is 2.60. The van der Waals surface area contributed by atoms with Crippen molar-refractivity contribution in [2.45, 2.75) is 12.8 Å². The van der Waals surface area contributed by atoms with Gasteiger partial charge in [0.2, 0.25) is 5.88 Å². The summed E-state index contributed by atoms with van der Waals surface area (Å²) in [5.74, 6) is 0.485. The molecule has 0 atom stereocenters. The Hall–Kier alpha value is -2.63. The molecule has 22 heavy (non-hydrogen) atoms. The van der Waals surface area contributed by atoms with E-state index < -0.39 is 6.09 Å². The Morgan fingerprint density at radius 3 is 2.82 bits per heavy atom. The van der Waals surface area contributed by atoms with Crippen LogP contribution in [0.3, 0.4) is 0 Å². The third-order valence-electron chi connectivity index (χ3n) is 3.83. The number of benzene rings is 1. The molecule has 0 aliphatic carbocycles. The quantitative estimate of drug-likeness (QED) is 0.922. The van der Waals surface area contributed by atoms with Crippen LogP contribution < -0.4 is 4.74 Å². The van der Waals surface area contributed by atoms with Crippen LogP contribution in [0.4, 0.5) is 4.79 Å². The second-order valence-corrected chi connectivity index (χ2v) is 5.20. The lowest BCUT2D eigenvalue weighted by molar-refractivity contribution is 0.142. The molecule has 6 nitrogen and oxygen atoms in total. The molecule has 0 radical (unpaired) electrons. The van der Waals surface area contributed by atoms with Crippen molar-refractivity contribution in [3.05, 3.63) is 35.5 Å². The predicted octanol–water partition coefficient (Wildman–Crippen LogP) is 2.80. The van der Waals surface area contributed by atoms with Crippen LogP contribution in [0.1, 0.15) is 18.4 Å². The van der Waals surface area contributed by atoms with Crippen molar-refractivity contribution in [1.82, 2.24) is 14.9 Å². The van der Waals surface area contributed by atoms with Gasteiger partial charge in [-0.1, -0.05) is 23.8 Å². The van der Waals surface area contributed by atoms with Crippen LogP contribution in [0.15, 0.2) is 30.0 Å². The minimum absolute atomic E-state index is 0.485. The number of carboxylic acid groups (broad SMARTS) is 1. The van der Waals surface area contributed by atoms with Crippen molar-refractivity contribution >= 4 is 23.2 Å². The summed E-state index contributed by atoms with van der Waals surface area (Å²) in [4.78, 5) is 21.2. The van der Waals surface area contributed by atoms with E-state index in [1.165, 1.54) is 10.5 Å². The Morgan fingerprint density at radius 2 is 2.14 bits per heavy atom. The molecule has 3 rings (SSSR count). The zero-order chi connectivity index (χ0) is 15.5. The zero-order valence-electron chi connectivity index (χ0n) is 12.3. The highest BCUT2D eigenvalue weighted by molar-refractivity contribution is 5.85. The molecule has 1 aromatic carbocycles. The van der Waals surface area contributed by atoms with Crippen LogP contribution in [-0.4, -0.2) is 46.3 Å². The van der Waals surface area contributed by atoms with Crippen LogP contribution in [0.2, 0.25) is 0 Å². The minimum Gasteiger partial charge on any atom is -0.480 e. The number of hydrogen-bond acceptors (Lipinski definition) is 4. The number of para-hydroxylation sites is 1.